The predicted molar refractivity (Wildman–Crippen MR) is 121 cm³/mol. The van der Waals surface area contributed by atoms with Crippen molar-refractivity contribution in [3.63, 3.8) is 0 Å². The number of aryl methyl sites for hydroxylation is 1. The van der Waals surface area contributed by atoms with Gasteiger partial charge < -0.3 is 5.32 Å². The van der Waals surface area contributed by atoms with E-state index in [-0.39, 0.29) is 34.1 Å². The van der Waals surface area contributed by atoms with Crippen molar-refractivity contribution in [2.24, 2.45) is 0 Å². The van der Waals surface area contributed by atoms with Crippen molar-refractivity contribution >= 4 is 40.6 Å². The Balaban J connectivity index is 1.52. The highest BCUT2D eigenvalue weighted by atomic mass is 32.2. The summed E-state index contributed by atoms with van der Waals surface area (Å²) in [6.07, 6.45) is 0. The van der Waals surface area contributed by atoms with Gasteiger partial charge in [-0.3, -0.25) is 24.6 Å². The Morgan fingerprint density at radius 1 is 1.16 bits per heavy atom. The van der Waals surface area contributed by atoms with Gasteiger partial charge in [0.1, 0.15) is 11.2 Å². The second-order valence-electron chi connectivity index (χ2n) is 7.24. The van der Waals surface area contributed by atoms with E-state index in [1.54, 1.807) is 48.2 Å². The molecule has 0 bridgehead atoms. The Morgan fingerprint density at radius 3 is 2.59 bits per heavy atom. The minimum absolute atomic E-state index is 0.105. The number of nitrogens with one attached hydrogen (secondary N) is 1. The van der Waals surface area contributed by atoms with Gasteiger partial charge in [0.25, 0.3) is 11.6 Å². The molecular weight excluding hydrogens is 433 g/mol. The Kier molecular flexibility index (Phi) is 5.91. The molecule has 1 N–H and O–H groups in total. The number of halogens is 1. The van der Waals surface area contributed by atoms with Gasteiger partial charge in [-0.1, -0.05) is 24.3 Å². The van der Waals surface area contributed by atoms with Gasteiger partial charge in [0.2, 0.25) is 5.91 Å². The van der Waals surface area contributed by atoms with E-state index < -0.39 is 10.8 Å². The lowest BCUT2D eigenvalue weighted by atomic mass is 10.1. The molecule has 1 fully saturated rings. The molecular formula is C23H18FN3O4S. The number of rotatable bonds is 5. The number of hydrogen-bond acceptors (Lipinski definition) is 5. The number of non-ortho nitro benzene ring substituents is 1. The Morgan fingerprint density at radius 2 is 1.91 bits per heavy atom. The molecule has 2 amide bonds. The van der Waals surface area contributed by atoms with Crippen LogP contribution in [0.3, 0.4) is 0 Å². The number of anilines is 2. The molecule has 1 aliphatic rings. The Bertz CT molecular complexity index is 1220. The van der Waals surface area contributed by atoms with Crippen LogP contribution in [0.2, 0.25) is 0 Å². The molecule has 0 spiro atoms. The van der Waals surface area contributed by atoms with Crippen molar-refractivity contribution < 1.29 is 18.9 Å². The van der Waals surface area contributed by atoms with Crippen molar-refractivity contribution in [1.82, 2.24) is 0 Å². The van der Waals surface area contributed by atoms with Crippen LogP contribution in [-0.4, -0.2) is 22.5 Å². The highest BCUT2D eigenvalue weighted by Gasteiger charge is 2.34. The van der Waals surface area contributed by atoms with Crippen molar-refractivity contribution in [2.45, 2.75) is 12.3 Å². The second kappa shape index (κ2) is 8.80. The molecule has 1 aliphatic heterocycles. The zero-order valence-electron chi connectivity index (χ0n) is 16.9. The molecule has 1 heterocycles. The van der Waals surface area contributed by atoms with Crippen LogP contribution in [0.5, 0.6) is 0 Å². The quantitative estimate of drug-likeness (QED) is 0.432. The van der Waals surface area contributed by atoms with Gasteiger partial charge >= 0.3 is 0 Å². The number of nitrogens with zero attached hydrogens (tertiary/aromatic N) is 2. The third-order valence-electron chi connectivity index (χ3n) is 5.07. The van der Waals surface area contributed by atoms with E-state index >= 15 is 0 Å². The molecule has 1 unspecified atom stereocenters. The number of carbonyl (C=O) groups excluding carboxylic acids is 2. The van der Waals surface area contributed by atoms with E-state index in [0.717, 1.165) is 5.56 Å². The molecule has 7 nitrogen and oxygen atoms in total. The average Bonchev–Trinajstić information content (AvgIpc) is 3.17. The maximum atomic E-state index is 14.1. The molecule has 0 radical (unpaired) electrons. The standard InChI is InChI=1S/C23H18FN3O4S/c1-14-5-10-18(12-20(14)24)26-21(28)13-32-23(26)15-6-8-17(9-7-15)25-22(29)16-3-2-4-19(11-16)27(30)31/h2-12,23H,13H2,1H3,(H,25,29). The molecule has 3 aromatic rings. The van der Waals surface area contributed by atoms with Crippen LogP contribution in [0.15, 0.2) is 66.7 Å². The number of carbonyl (C=O) groups is 2. The van der Waals surface area contributed by atoms with Crippen molar-refractivity contribution in [3.05, 3.63) is 99.4 Å². The first-order valence-corrected chi connectivity index (χ1v) is 10.7. The summed E-state index contributed by atoms with van der Waals surface area (Å²) in [6, 6.07) is 17.2. The van der Waals surface area contributed by atoms with Crippen LogP contribution < -0.4 is 10.2 Å². The number of amides is 2. The zero-order valence-corrected chi connectivity index (χ0v) is 17.8. The van der Waals surface area contributed by atoms with E-state index in [2.05, 4.69) is 5.32 Å². The van der Waals surface area contributed by atoms with Gasteiger partial charge in [-0.05, 0) is 48.4 Å². The lowest BCUT2D eigenvalue weighted by Gasteiger charge is -2.25. The summed E-state index contributed by atoms with van der Waals surface area (Å²) < 4.78 is 14.1. The van der Waals surface area contributed by atoms with E-state index in [4.69, 9.17) is 0 Å². The summed E-state index contributed by atoms with van der Waals surface area (Å²) in [4.78, 5) is 36.8. The van der Waals surface area contributed by atoms with Crippen LogP contribution in [0.25, 0.3) is 0 Å². The monoisotopic (exact) mass is 451 g/mol. The van der Waals surface area contributed by atoms with Crippen molar-refractivity contribution in [3.8, 4) is 0 Å². The summed E-state index contributed by atoms with van der Waals surface area (Å²) in [5.41, 5.74) is 2.35. The van der Waals surface area contributed by atoms with Gasteiger partial charge in [-0.15, -0.1) is 11.8 Å². The van der Waals surface area contributed by atoms with Gasteiger partial charge in [-0.2, -0.15) is 0 Å². The number of nitro groups is 1. The first-order chi connectivity index (χ1) is 15.3. The van der Waals surface area contributed by atoms with Gasteiger partial charge in [0.05, 0.1) is 10.7 Å². The van der Waals surface area contributed by atoms with Crippen LogP contribution in [-0.2, 0) is 4.79 Å². The second-order valence-corrected chi connectivity index (χ2v) is 8.31. The third kappa shape index (κ3) is 4.33. The lowest BCUT2D eigenvalue weighted by Crippen LogP contribution is -2.28. The van der Waals surface area contributed by atoms with E-state index in [1.165, 1.54) is 42.1 Å². The molecule has 4 rings (SSSR count). The first-order valence-electron chi connectivity index (χ1n) is 9.69. The van der Waals surface area contributed by atoms with Crippen LogP contribution >= 0.6 is 11.8 Å². The summed E-state index contributed by atoms with van der Waals surface area (Å²) in [5.74, 6) is -0.661. The van der Waals surface area contributed by atoms with E-state index in [1.807, 2.05) is 0 Å². The topological polar surface area (TPSA) is 92.6 Å². The molecule has 9 heteroatoms. The number of benzene rings is 3. The fourth-order valence-electron chi connectivity index (χ4n) is 3.38. The first kappa shape index (κ1) is 21.5. The minimum Gasteiger partial charge on any atom is -0.322 e. The molecule has 3 aromatic carbocycles. The summed E-state index contributed by atoms with van der Waals surface area (Å²) in [7, 11) is 0. The van der Waals surface area contributed by atoms with E-state index in [9.17, 15) is 24.1 Å². The predicted octanol–water partition coefficient (Wildman–Crippen LogP) is 5.07. The Labute approximate surface area is 187 Å². The van der Waals surface area contributed by atoms with Crippen LogP contribution in [0.4, 0.5) is 21.5 Å². The smallest absolute Gasteiger partial charge is 0.270 e. The van der Waals surface area contributed by atoms with E-state index in [0.29, 0.717) is 16.9 Å². The molecule has 32 heavy (non-hydrogen) atoms. The highest BCUT2D eigenvalue weighted by molar-refractivity contribution is 8.00. The lowest BCUT2D eigenvalue weighted by molar-refractivity contribution is -0.384. The molecule has 1 saturated heterocycles. The number of hydrogen-bond donors (Lipinski definition) is 1. The molecule has 162 valence electrons. The largest absolute Gasteiger partial charge is 0.322 e. The highest BCUT2D eigenvalue weighted by Crippen LogP contribution is 2.42. The normalized spacial score (nSPS) is 15.6. The minimum atomic E-state index is -0.558. The van der Waals surface area contributed by atoms with Gasteiger partial charge in [0, 0.05) is 29.1 Å². The molecule has 0 aliphatic carbocycles. The summed E-state index contributed by atoms with van der Waals surface area (Å²) in [5, 5.41) is 13.3. The average molecular weight is 451 g/mol. The maximum Gasteiger partial charge on any atom is 0.270 e. The zero-order chi connectivity index (χ0) is 22.8. The third-order valence-corrected chi connectivity index (χ3v) is 6.29. The van der Waals surface area contributed by atoms with Crippen molar-refractivity contribution in [1.29, 1.82) is 0 Å². The van der Waals surface area contributed by atoms with Crippen molar-refractivity contribution in [2.75, 3.05) is 16.0 Å². The molecule has 0 saturated carbocycles. The number of thioether (sulfide) groups is 1. The fourth-order valence-corrected chi connectivity index (χ4v) is 4.55. The van der Waals surface area contributed by atoms with Crippen LogP contribution in [0.1, 0.15) is 26.9 Å². The van der Waals surface area contributed by atoms with Crippen LogP contribution in [0, 0.1) is 22.9 Å². The van der Waals surface area contributed by atoms with Gasteiger partial charge in [0.15, 0.2) is 0 Å². The summed E-state index contributed by atoms with van der Waals surface area (Å²) >= 11 is 1.44. The van der Waals surface area contributed by atoms with Gasteiger partial charge in [-0.25, -0.2) is 4.39 Å². The summed E-state index contributed by atoms with van der Waals surface area (Å²) in [6.45, 7) is 1.66. The Hall–Kier alpha value is -3.72. The SMILES string of the molecule is Cc1ccc(N2C(=O)CSC2c2ccc(NC(=O)c3cccc([N+](=O)[O-])c3)cc2)cc1F. The fraction of sp³-hybridized carbons (Fsp3) is 0.130. The molecule has 1 atom stereocenters. The number of nitro benzene ring substituents is 1. The molecule has 0 aromatic heterocycles. The maximum absolute atomic E-state index is 14.1.